The number of pyridine rings is 1. The Morgan fingerprint density at radius 3 is 2.86 bits per heavy atom. The van der Waals surface area contributed by atoms with Crippen LogP contribution in [0.15, 0.2) is 36.8 Å². The lowest BCUT2D eigenvalue weighted by Gasteiger charge is -2.08. The summed E-state index contributed by atoms with van der Waals surface area (Å²) in [5, 5.41) is 16.6. The molecular formula is C14H12N4O2S. The smallest absolute Gasteiger partial charge is 0.278 e. The number of nitrogens with one attached hydrogen (secondary N) is 1. The van der Waals surface area contributed by atoms with Gasteiger partial charge in [-0.1, -0.05) is 0 Å². The molecule has 0 saturated carbocycles. The average Bonchev–Trinajstić information content (AvgIpc) is 2.90. The molecule has 0 aliphatic rings. The van der Waals surface area contributed by atoms with E-state index in [2.05, 4.69) is 15.3 Å². The van der Waals surface area contributed by atoms with Gasteiger partial charge in [-0.3, -0.25) is 15.1 Å². The number of nitro groups is 1. The van der Waals surface area contributed by atoms with Gasteiger partial charge in [0.1, 0.15) is 5.01 Å². The van der Waals surface area contributed by atoms with E-state index in [1.165, 1.54) is 12.3 Å². The second-order valence-corrected chi connectivity index (χ2v) is 5.85. The van der Waals surface area contributed by atoms with Crippen molar-refractivity contribution in [1.82, 2.24) is 9.97 Å². The lowest BCUT2D eigenvalue weighted by molar-refractivity contribution is -0.383. The molecule has 0 radical (unpaired) electrons. The number of aryl methyl sites for hydroxylation is 1. The number of rotatable bonds is 4. The number of aromatic nitrogens is 2. The Morgan fingerprint density at radius 2 is 2.14 bits per heavy atom. The van der Waals surface area contributed by atoms with Crippen LogP contribution in [0.1, 0.15) is 9.88 Å². The Hall–Kier alpha value is -2.54. The number of anilines is 1. The van der Waals surface area contributed by atoms with Crippen LogP contribution in [-0.4, -0.2) is 14.9 Å². The van der Waals surface area contributed by atoms with E-state index in [-0.39, 0.29) is 5.69 Å². The standard InChI is InChI=1S/C14H12N4O2S/c1-9-6-17-14(21-9)8-16-12-2-3-13(18(19)20)11-7-15-5-4-10(11)12/h2-7,16H,8H2,1H3. The zero-order valence-electron chi connectivity index (χ0n) is 11.2. The predicted molar refractivity (Wildman–Crippen MR) is 82.6 cm³/mol. The molecule has 0 saturated heterocycles. The number of nitro benzene ring substituents is 1. The van der Waals surface area contributed by atoms with Crippen LogP contribution >= 0.6 is 11.3 Å². The molecule has 21 heavy (non-hydrogen) atoms. The van der Waals surface area contributed by atoms with Crippen molar-refractivity contribution in [2.45, 2.75) is 13.5 Å². The van der Waals surface area contributed by atoms with E-state index in [0.717, 1.165) is 21.0 Å². The van der Waals surface area contributed by atoms with Gasteiger partial charge in [0.15, 0.2) is 0 Å². The summed E-state index contributed by atoms with van der Waals surface area (Å²) in [6.45, 7) is 2.60. The summed E-state index contributed by atoms with van der Waals surface area (Å²) in [5.74, 6) is 0. The molecule has 0 aliphatic heterocycles. The molecule has 0 bridgehead atoms. The molecule has 0 aliphatic carbocycles. The van der Waals surface area contributed by atoms with E-state index in [4.69, 9.17) is 0 Å². The molecular weight excluding hydrogens is 288 g/mol. The number of non-ortho nitro benzene ring substituents is 1. The zero-order valence-corrected chi connectivity index (χ0v) is 12.1. The molecule has 0 atom stereocenters. The molecule has 0 amide bonds. The largest absolute Gasteiger partial charge is 0.378 e. The van der Waals surface area contributed by atoms with Gasteiger partial charge in [0.2, 0.25) is 0 Å². The molecule has 2 heterocycles. The minimum atomic E-state index is -0.391. The Morgan fingerprint density at radius 1 is 1.29 bits per heavy atom. The SMILES string of the molecule is Cc1cnc(CNc2ccc([N+](=O)[O-])c3cnccc23)s1. The van der Waals surface area contributed by atoms with E-state index in [1.54, 1.807) is 29.7 Å². The first kappa shape index (κ1) is 13.4. The summed E-state index contributed by atoms with van der Waals surface area (Å²) in [4.78, 5) is 20.1. The van der Waals surface area contributed by atoms with Crippen LogP contribution in [-0.2, 0) is 6.54 Å². The second kappa shape index (κ2) is 5.45. The lowest BCUT2D eigenvalue weighted by atomic mass is 10.1. The van der Waals surface area contributed by atoms with Crippen molar-refractivity contribution in [3.8, 4) is 0 Å². The van der Waals surface area contributed by atoms with Crippen molar-refractivity contribution in [1.29, 1.82) is 0 Å². The highest BCUT2D eigenvalue weighted by Gasteiger charge is 2.14. The number of fused-ring (bicyclic) bond motifs is 1. The maximum absolute atomic E-state index is 11.1. The molecule has 6 nitrogen and oxygen atoms in total. The molecule has 106 valence electrons. The minimum Gasteiger partial charge on any atom is -0.378 e. The summed E-state index contributed by atoms with van der Waals surface area (Å²) in [6.07, 6.45) is 4.98. The maximum atomic E-state index is 11.1. The zero-order chi connectivity index (χ0) is 14.8. The van der Waals surface area contributed by atoms with Crippen LogP contribution in [0.2, 0.25) is 0 Å². The molecule has 1 N–H and O–H groups in total. The Balaban J connectivity index is 1.96. The van der Waals surface area contributed by atoms with Crippen LogP contribution in [0.25, 0.3) is 10.8 Å². The van der Waals surface area contributed by atoms with Crippen LogP contribution in [0, 0.1) is 17.0 Å². The van der Waals surface area contributed by atoms with Gasteiger partial charge in [0.25, 0.3) is 5.69 Å². The van der Waals surface area contributed by atoms with Crippen molar-refractivity contribution >= 4 is 33.5 Å². The first-order chi connectivity index (χ1) is 10.1. The van der Waals surface area contributed by atoms with Gasteiger partial charge in [-0.15, -0.1) is 11.3 Å². The second-order valence-electron chi connectivity index (χ2n) is 4.53. The minimum absolute atomic E-state index is 0.0637. The maximum Gasteiger partial charge on any atom is 0.278 e. The first-order valence-electron chi connectivity index (χ1n) is 6.31. The molecule has 0 fully saturated rings. The normalized spacial score (nSPS) is 10.7. The summed E-state index contributed by atoms with van der Waals surface area (Å²) < 4.78 is 0. The molecule has 1 aromatic carbocycles. The fraction of sp³-hybridized carbons (Fsp3) is 0.143. The predicted octanol–water partition coefficient (Wildman–Crippen LogP) is 3.52. The number of thiazole rings is 1. The van der Waals surface area contributed by atoms with Crippen molar-refractivity contribution < 1.29 is 4.92 Å². The van der Waals surface area contributed by atoms with Crippen molar-refractivity contribution in [3.05, 3.63) is 56.8 Å². The number of hydrogen-bond donors (Lipinski definition) is 1. The Kier molecular flexibility index (Phi) is 3.49. The quantitative estimate of drug-likeness (QED) is 0.589. The van der Waals surface area contributed by atoms with Gasteiger partial charge < -0.3 is 5.32 Å². The van der Waals surface area contributed by atoms with E-state index in [1.807, 2.05) is 13.1 Å². The van der Waals surface area contributed by atoms with E-state index in [0.29, 0.717) is 11.9 Å². The molecule has 3 aromatic rings. The molecule has 7 heteroatoms. The number of hydrogen-bond acceptors (Lipinski definition) is 6. The van der Waals surface area contributed by atoms with Gasteiger partial charge in [0.05, 0.1) is 16.9 Å². The van der Waals surface area contributed by atoms with E-state index >= 15 is 0 Å². The van der Waals surface area contributed by atoms with Crippen LogP contribution in [0.4, 0.5) is 11.4 Å². The van der Waals surface area contributed by atoms with Crippen LogP contribution < -0.4 is 5.32 Å². The first-order valence-corrected chi connectivity index (χ1v) is 7.13. The fourth-order valence-corrected chi connectivity index (χ4v) is 2.87. The summed E-state index contributed by atoms with van der Waals surface area (Å²) in [7, 11) is 0. The van der Waals surface area contributed by atoms with Gasteiger partial charge in [-0.2, -0.15) is 0 Å². The van der Waals surface area contributed by atoms with E-state index < -0.39 is 4.92 Å². The van der Waals surface area contributed by atoms with E-state index in [9.17, 15) is 10.1 Å². The third-order valence-corrected chi connectivity index (χ3v) is 4.00. The fourth-order valence-electron chi connectivity index (χ4n) is 2.14. The highest BCUT2D eigenvalue weighted by atomic mass is 32.1. The molecule has 3 rings (SSSR count). The Bertz CT molecular complexity index is 816. The van der Waals surface area contributed by atoms with Gasteiger partial charge in [-0.05, 0) is 19.1 Å². The topological polar surface area (TPSA) is 81.0 Å². The number of nitrogens with zero attached hydrogens (tertiary/aromatic N) is 3. The van der Waals surface area contributed by atoms with Crippen LogP contribution in [0.5, 0.6) is 0 Å². The third kappa shape index (κ3) is 2.68. The monoisotopic (exact) mass is 300 g/mol. The highest BCUT2D eigenvalue weighted by molar-refractivity contribution is 7.11. The third-order valence-electron chi connectivity index (χ3n) is 3.09. The number of benzene rings is 1. The average molecular weight is 300 g/mol. The van der Waals surface area contributed by atoms with Crippen molar-refractivity contribution in [2.75, 3.05) is 5.32 Å². The highest BCUT2D eigenvalue weighted by Crippen LogP contribution is 2.31. The lowest BCUT2D eigenvalue weighted by Crippen LogP contribution is -2.00. The Labute approximate surface area is 124 Å². The van der Waals surface area contributed by atoms with Crippen molar-refractivity contribution in [3.63, 3.8) is 0 Å². The van der Waals surface area contributed by atoms with Gasteiger partial charge in [-0.25, -0.2) is 4.98 Å². The van der Waals surface area contributed by atoms with Crippen molar-refractivity contribution in [2.24, 2.45) is 0 Å². The summed E-state index contributed by atoms with van der Waals surface area (Å²) >= 11 is 1.63. The van der Waals surface area contributed by atoms with Gasteiger partial charge >= 0.3 is 0 Å². The van der Waals surface area contributed by atoms with Gasteiger partial charge in [0, 0.05) is 40.6 Å². The summed E-state index contributed by atoms with van der Waals surface area (Å²) in [5.41, 5.74) is 0.902. The molecule has 0 unspecified atom stereocenters. The van der Waals surface area contributed by atoms with Crippen LogP contribution in [0.3, 0.4) is 0 Å². The molecule has 0 spiro atoms. The molecule has 2 aromatic heterocycles. The summed E-state index contributed by atoms with van der Waals surface area (Å²) in [6, 6.07) is 5.00.